The molecule has 0 bridgehead atoms. The molecule has 7 nitrogen and oxygen atoms in total. The Hall–Kier alpha value is -2.61. The first-order valence-electron chi connectivity index (χ1n) is 7.56. The second-order valence-electron chi connectivity index (χ2n) is 5.68. The number of carboxylic acid groups (broad SMARTS) is 1. The van der Waals surface area contributed by atoms with E-state index in [9.17, 15) is 14.7 Å². The number of carboxylic acids is 1. The van der Waals surface area contributed by atoms with E-state index in [1.165, 1.54) is 21.0 Å². The normalized spacial score (nSPS) is 20.9. The Labute approximate surface area is 151 Å². The predicted molar refractivity (Wildman–Crippen MR) is 93.0 cm³/mol. The molecule has 1 aromatic rings. The number of carbonyl (C=O) groups is 2. The maximum Gasteiger partial charge on any atom is 0.171 e. The van der Waals surface area contributed by atoms with E-state index in [0.29, 0.717) is 16.6 Å². The van der Waals surface area contributed by atoms with Crippen LogP contribution >= 0.6 is 12.2 Å². The van der Waals surface area contributed by atoms with Crippen molar-refractivity contribution in [2.24, 2.45) is 5.92 Å². The zero-order valence-corrected chi connectivity index (χ0v) is 14.9. The van der Waals surface area contributed by atoms with Crippen LogP contribution in [0.15, 0.2) is 30.5 Å². The summed E-state index contributed by atoms with van der Waals surface area (Å²) in [4.78, 5) is 22.9. The molecule has 1 aliphatic heterocycles. The molecule has 8 heteroatoms. The Balaban J connectivity index is 2.37. The third kappa shape index (κ3) is 4.08. The van der Waals surface area contributed by atoms with E-state index < -0.39 is 24.0 Å². The van der Waals surface area contributed by atoms with Crippen molar-refractivity contribution in [2.75, 3.05) is 7.11 Å². The topological polar surface area (TPSA) is 99.7 Å². The summed E-state index contributed by atoms with van der Waals surface area (Å²) >= 11 is 5.15. The number of rotatable bonds is 6. The van der Waals surface area contributed by atoms with E-state index in [2.05, 4.69) is 17.2 Å². The van der Waals surface area contributed by atoms with Crippen molar-refractivity contribution in [3.05, 3.63) is 36.0 Å². The Morgan fingerprint density at radius 3 is 2.60 bits per heavy atom. The lowest BCUT2D eigenvalue weighted by Crippen LogP contribution is -2.50. The zero-order valence-electron chi connectivity index (χ0n) is 14.1. The van der Waals surface area contributed by atoms with Crippen molar-refractivity contribution in [3.8, 4) is 11.5 Å². The molecule has 1 aliphatic rings. The van der Waals surface area contributed by atoms with Crippen LogP contribution in [0.4, 0.5) is 0 Å². The summed E-state index contributed by atoms with van der Waals surface area (Å²) in [7, 11) is 1.44. The van der Waals surface area contributed by atoms with Crippen LogP contribution in [0.3, 0.4) is 0 Å². The summed E-state index contributed by atoms with van der Waals surface area (Å²) in [5, 5.41) is 17.2. The minimum atomic E-state index is -1.33. The molecule has 0 unspecified atom stereocenters. The van der Waals surface area contributed by atoms with E-state index in [1.807, 2.05) is 0 Å². The first kappa shape index (κ1) is 18.7. The molecule has 1 saturated heterocycles. The van der Waals surface area contributed by atoms with Crippen LogP contribution in [-0.2, 0) is 9.59 Å². The van der Waals surface area contributed by atoms with Gasteiger partial charge in [-0.1, -0.05) is 12.6 Å². The van der Waals surface area contributed by atoms with Gasteiger partial charge >= 0.3 is 0 Å². The molecule has 0 amide bonds. The van der Waals surface area contributed by atoms with Crippen molar-refractivity contribution < 1.29 is 24.2 Å². The third-order valence-electron chi connectivity index (χ3n) is 3.89. The molecule has 1 fully saturated rings. The van der Waals surface area contributed by atoms with Gasteiger partial charge in [-0.25, -0.2) is 0 Å². The van der Waals surface area contributed by atoms with Crippen LogP contribution in [0.2, 0.25) is 0 Å². The largest absolute Gasteiger partial charge is 0.546 e. The molecule has 2 N–H and O–H groups in total. The van der Waals surface area contributed by atoms with Crippen LogP contribution in [-0.4, -0.2) is 30.1 Å². The van der Waals surface area contributed by atoms with Crippen molar-refractivity contribution in [2.45, 2.75) is 26.0 Å². The number of hydrogen-bond donors (Lipinski definition) is 2. The highest BCUT2D eigenvalue weighted by molar-refractivity contribution is 7.80. The Bertz CT molecular complexity index is 734. The number of hydrogen-bond acceptors (Lipinski definition) is 6. The second-order valence-corrected chi connectivity index (χ2v) is 6.09. The summed E-state index contributed by atoms with van der Waals surface area (Å²) in [6.45, 7) is 6.72. The number of benzene rings is 1. The number of methoxy groups -OCH3 is 1. The van der Waals surface area contributed by atoms with Gasteiger partial charge in [0.2, 0.25) is 0 Å². The molecule has 0 aromatic heterocycles. The summed E-state index contributed by atoms with van der Waals surface area (Å²) in [6, 6.07) is 4.56. The highest BCUT2D eigenvalue weighted by Gasteiger charge is 2.34. The second kappa shape index (κ2) is 7.52. The zero-order chi connectivity index (χ0) is 18.7. The Morgan fingerprint density at radius 1 is 1.36 bits per heavy atom. The number of nitrogens with one attached hydrogen (secondary N) is 2. The van der Waals surface area contributed by atoms with Crippen molar-refractivity contribution in [3.63, 3.8) is 0 Å². The van der Waals surface area contributed by atoms with E-state index in [1.54, 1.807) is 18.2 Å². The highest BCUT2D eigenvalue weighted by atomic mass is 32.1. The summed E-state index contributed by atoms with van der Waals surface area (Å²) in [5.41, 5.74) is 1.25. The van der Waals surface area contributed by atoms with Crippen LogP contribution in [0, 0.1) is 5.92 Å². The van der Waals surface area contributed by atoms with Gasteiger partial charge in [0.25, 0.3) is 0 Å². The first-order chi connectivity index (χ1) is 11.7. The van der Waals surface area contributed by atoms with Gasteiger partial charge in [-0.15, -0.1) is 0 Å². The van der Waals surface area contributed by atoms with E-state index in [4.69, 9.17) is 21.7 Å². The van der Waals surface area contributed by atoms with Gasteiger partial charge < -0.3 is 30.0 Å². The monoisotopic (exact) mass is 363 g/mol. The SMILES string of the molecule is C=C1NC(=S)N[C@H](c2ccc(O[C@H](C)C(=O)[O-])c(OC)c2)[C@@H]1C(C)=O. The van der Waals surface area contributed by atoms with Gasteiger partial charge in [0.05, 0.1) is 25.0 Å². The maximum atomic E-state index is 12.0. The maximum absolute atomic E-state index is 12.0. The molecule has 25 heavy (non-hydrogen) atoms. The molecule has 134 valence electrons. The van der Waals surface area contributed by atoms with Crippen molar-refractivity contribution >= 4 is 29.1 Å². The number of ketones is 1. The average Bonchev–Trinajstić information content (AvgIpc) is 2.53. The molecule has 3 atom stereocenters. The van der Waals surface area contributed by atoms with Crippen LogP contribution in [0.25, 0.3) is 0 Å². The minimum Gasteiger partial charge on any atom is -0.546 e. The lowest BCUT2D eigenvalue weighted by Gasteiger charge is -2.35. The predicted octanol–water partition coefficient (Wildman–Crippen LogP) is 0.450. The van der Waals surface area contributed by atoms with Gasteiger partial charge in [0, 0.05) is 5.70 Å². The summed E-state index contributed by atoms with van der Waals surface area (Å²) < 4.78 is 10.6. The standard InChI is InChI=1S/C17H20N2O5S/c1-8-14(9(2)20)15(19-17(25)18-8)11-5-6-12(13(7-11)23-4)24-10(3)16(21)22/h5-7,10,14-15H,1H2,2-4H3,(H,21,22)(H2,18,19,25)/p-1/t10-,14+,15-/m1/s1. The fraction of sp³-hybridized carbons (Fsp3) is 0.353. The van der Waals surface area contributed by atoms with E-state index >= 15 is 0 Å². The fourth-order valence-electron chi connectivity index (χ4n) is 2.65. The minimum absolute atomic E-state index is 0.0673. The Morgan fingerprint density at radius 2 is 2.04 bits per heavy atom. The number of aliphatic carboxylic acids is 1. The van der Waals surface area contributed by atoms with Gasteiger partial charge in [-0.3, -0.25) is 4.79 Å². The first-order valence-corrected chi connectivity index (χ1v) is 7.97. The third-order valence-corrected chi connectivity index (χ3v) is 4.11. The quantitative estimate of drug-likeness (QED) is 0.703. The lowest BCUT2D eigenvalue weighted by molar-refractivity contribution is -0.312. The van der Waals surface area contributed by atoms with Gasteiger partial charge in [0.15, 0.2) is 16.6 Å². The highest BCUT2D eigenvalue weighted by Crippen LogP contribution is 2.36. The molecule has 1 heterocycles. The molecule has 0 saturated carbocycles. The van der Waals surface area contributed by atoms with Crippen molar-refractivity contribution in [1.82, 2.24) is 10.6 Å². The smallest absolute Gasteiger partial charge is 0.171 e. The average molecular weight is 363 g/mol. The molecule has 0 spiro atoms. The lowest BCUT2D eigenvalue weighted by atomic mass is 9.86. The molecular formula is C17H19N2O5S-. The van der Waals surface area contributed by atoms with E-state index in [0.717, 1.165) is 5.56 Å². The number of ether oxygens (including phenoxy) is 2. The van der Waals surface area contributed by atoms with E-state index in [-0.39, 0.29) is 11.5 Å². The van der Waals surface area contributed by atoms with Gasteiger partial charge in [-0.2, -0.15) is 0 Å². The van der Waals surface area contributed by atoms with Gasteiger partial charge in [-0.05, 0) is 43.8 Å². The number of Topliss-reactive ketones (excluding diaryl/α,β-unsaturated/α-hetero) is 1. The van der Waals surface area contributed by atoms with Crippen LogP contribution in [0.1, 0.15) is 25.5 Å². The van der Waals surface area contributed by atoms with Crippen LogP contribution < -0.4 is 25.2 Å². The van der Waals surface area contributed by atoms with Gasteiger partial charge in [0.1, 0.15) is 11.9 Å². The summed E-state index contributed by atoms with van der Waals surface area (Å²) in [5.74, 6) is -1.31. The number of carbonyl (C=O) groups excluding carboxylic acids is 2. The van der Waals surface area contributed by atoms with Crippen molar-refractivity contribution in [1.29, 1.82) is 0 Å². The number of thiocarbonyl (C=S) groups is 1. The fourth-order valence-corrected chi connectivity index (χ4v) is 2.91. The molecule has 1 aromatic carbocycles. The molecule has 0 radical (unpaired) electrons. The van der Waals surface area contributed by atoms with Crippen LogP contribution in [0.5, 0.6) is 11.5 Å². The molecular weight excluding hydrogens is 344 g/mol. The Kier molecular flexibility index (Phi) is 5.63. The molecule has 0 aliphatic carbocycles. The molecule has 2 rings (SSSR count). The summed E-state index contributed by atoms with van der Waals surface area (Å²) in [6.07, 6.45) is -1.13.